The molecule has 0 heterocycles. The van der Waals surface area contributed by atoms with Crippen LogP contribution < -0.4 is 0 Å². The first-order valence-electron chi connectivity index (χ1n) is 13.5. The Morgan fingerprint density at radius 1 is 0.293 bits per heavy atom. The van der Waals surface area contributed by atoms with E-state index in [9.17, 15) is 0 Å². The van der Waals surface area contributed by atoms with Gasteiger partial charge in [0.05, 0.1) is 0 Å². The van der Waals surface area contributed by atoms with Crippen molar-refractivity contribution in [3.05, 3.63) is 195 Å². The van der Waals surface area contributed by atoms with Crippen molar-refractivity contribution >= 4 is 43.1 Å². The van der Waals surface area contributed by atoms with Gasteiger partial charge in [-0.3, -0.25) is 0 Å². The third kappa shape index (κ3) is 7.80. The Hall–Kier alpha value is -4.49. The zero-order valence-electron chi connectivity index (χ0n) is 23.1. The molecule has 0 bridgehead atoms. The number of hydrogen-bond donors (Lipinski definition) is 0. The van der Waals surface area contributed by atoms with Crippen molar-refractivity contribution in [3.8, 4) is 0 Å². The smallest absolute Gasteiger partial charge is 0.199 e. The molecule has 0 spiro atoms. The minimum Gasteiger partial charge on any atom is -0.199 e. The van der Waals surface area contributed by atoms with Crippen molar-refractivity contribution in [2.45, 2.75) is 0 Å². The fourth-order valence-corrected chi connectivity index (χ4v) is 4.76. The average Bonchev–Trinajstić information content (AvgIpc) is 3.58. The van der Waals surface area contributed by atoms with E-state index >= 15 is 0 Å². The third-order valence-electron chi connectivity index (χ3n) is 6.73. The van der Waals surface area contributed by atoms with Crippen LogP contribution in [0, 0.1) is 13.8 Å². The fourth-order valence-electron chi connectivity index (χ4n) is 4.76. The van der Waals surface area contributed by atoms with Crippen molar-refractivity contribution < 1.29 is 21.7 Å². The van der Waals surface area contributed by atoms with Crippen LogP contribution in [0.3, 0.4) is 0 Å². The second kappa shape index (κ2) is 14.8. The van der Waals surface area contributed by atoms with Gasteiger partial charge in [0, 0.05) is 0 Å². The molecule has 196 valence electrons. The maximum atomic E-state index is 3.72. The number of fused-ring (bicyclic) bond motifs is 6. The molecular weight excluding hydrogens is 528 g/mol. The molecule has 1 heteroatoms. The molecule has 8 rings (SSSR count). The molecule has 0 nitrogen and oxygen atoms in total. The van der Waals surface area contributed by atoms with E-state index in [0.29, 0.717) is 0 Å². The van der Waals surface area contributed by atoms with Crippen LogP contribution >= 0.6 is 0 Å². The third-order valence-corrected chi connectivity index (χ3v) is 6.73. The fraction of sp³-hybridized carbons (Fsp3) is 0. The van der Waals surface area contributed by atoms with Gasteiger partial charge in [0.25, 0.3) is 0 Å². The van der Waals surface area contributed by atoms with Gasteiger partial charge in [-0.25, -0.2) is 0 Å². The molecule has 8 aromatic rings. The first-order valence-corrected chi connectivity index (χ1v) is 13.5. The normalized spacial score (nSPS) is 9.95. The molecule has 0 saturated carbocycles. The SMILES string of the molecule is [CH2-]c1ccccc1.[CH2-]c1ccccc1.[Ti+4].c1ccc2c(c1)[cH-]c1ccccc12.c1ccc2c(c1)[cH-]c1ccccc12. The molecule has 0 N–H and O–H groups in total. The van der Waals surface area contributed by atoms with Gasteiger partial charge in [-0.05, 0) is 0 Å². The molecule has 0 aromatic heterocycles. The van der Waals surface area contributed by atoms with Crippen LogP contribution in [0.5, 0.6) is 0 Å². The van der Waals surface area contributed by atoms with Crippen LogP contribution in [-0.2, 0) is 21.7 Å². The van der Waals surface area contributed by atoms with Gasteiger partial charge in [0.15, 0.2) is 0 Å². The molecule has 41 heavy (non-hydrogen) atoms. The first-order chi connectivity index (χ1) is 19.7. The molecule has 8 aromatic carbocycles. The molecule has 0 amide bonds. The van der Waals surface area contributed by atoms with Crippen LogP contribution in [0.2, 0.25) is 0 Å². The predicted octanol–water partition coefficient (Wildman–Crippen LogP) is 11.2. The maximum absolute atomic E-state index is 3.72. The van der Waals surface area contributed by atoms with Crippen molar-refractivity contribution in [1.29, 1.82) is 0 Å². The number of hydrogen-bond acceptors (Lipinski definition) is 0. The van der Waals surface area contributed by atoms with Gasteiger partial charge < -0.3 is 0 Å². The van der Waals surface area contributed by atoms with Crippen molar-refractivity contribution in [1.82, 2.24) is 0 Å². The Bertz CT molecular complexity index is 1660. The quantitative estimate of drug-likeness (QED) is 0.128. The van der Waals surface area contributed by atoms with E-state index in [1.54, 1.807) is 0 Å². The minimum atomic E-state index is 0. The molecule has 0 radical (unpaired) electrons. The van der Waals surface area contributed by atoms with E-state index in [1.165, 1.54) is 43.1 Å². The minimum absolute atomic E-state index is 0. The molecule has 0 unspecified atom stereocenters. The van der Waals surface area contributed by atoms with E-state index in [-0.39, 0.29) is 21.7 Å². The molecule has 0 aliphatic rings. The number of rotatable bonds is 0. The summed E-state index contributed by atoms with van der Waals surface area (Å²) in [6.07, 6.45) is 0. The van der Waals surface area contributed by atoms with Gasteiger partial charge in [0.1, 0.15) is 0 Å². The Labute approximate surface area is 258 Å². The van der Waals surface area contributed by atoms with E-state index in [1.807, 2.05) is 60.7 Å². The van der Waals surface area contributed by atoms with Crippen LogP contribution in [0.25, 0.3) is 43.1 Å². The summed E-state index contributed by atoms with van der Waals surface area (Å²) in [5, 5.41) is 10.8. The first kappa shape index (κ1) is 29.5. The molecule has 0 saturated heterocycles. The van der Waals surface area contributed by atoms with Crippen molar-refractivity contribution in [2.75, 3.05) is 0 Å². The molecule has 0 aliphatic carbocycles. The second-order valence-corrected chi connectivity index (χ2v) is 9.61. The standard InChI is InChI=1S/2C13H9.2C7H7.Ti/c2*1-3-7-12-10(5-1)9-11-6-2-4-8-13(11)12;2*1-7-5-3-2-4-6-7;/h2*1-9H;2*2-6H,1H2;/q4*-1;+4. The van der Waals surface area contributed by atoms with Crippen LogP contribution in [-0.4, -0.2) is 0 Å². The van der Waals surface area contributed by atoms with Crippen LogP contribution in [0.15, 0.2) is 170 Å². The molecular formula is C40H32Ti. The Morgan fingerprint density at radius 2 is 0.512 bits per heavy atom. The Kier molecular flexibility index (Phi) is 10.6. The van der Waals surface area contributed by atoms with Gasteiger partial charge in [-0.1, -0.05) is 84.9 Å². The average molecular weight is 561 g/mol. The van der Waals surface area contributed by atoms with Crippen molar-refractivity contribution in [3.63, 3.8) is 0 Å². The van der Waals surface area contributed by atoms with Gasteiger partial charge >= 0.3 is 21.7 Å². The largest absolute Gasteiger partial charge is 4.00 e. The van der Waals surface area contributed by atoms with Crippen LogP contribution in [0.4, 0.5) is 0 Å². The summed E-state index contributed by atoms with van der Waals surface area (Å²) in [6, 6.07) is 58.3. The number of benzene rings is 6. The predicted molar refractivity (Wildman–Crippen MR) is 176 cm³/mol. The summed E-state index contributed by atoms with van der Waals surface area (Å²) in [7, 11) is 0. The molecule has 0 aliphatic heterocycles. The maximum Gasteiger partial charge on any atom is 4.00 e. The summed E-state index contributed by atoms with van der Waals surface area (Å²) in [5.41, 5.74) is 2.14. The molecule has 0 fully saturated rings. The van der Waals surface area contributed by atoms with Gasteiger partial charge in [0.2, 0.25) is 0 Å². The summed E-state index contributed by atoms with van der Waals surface area (Å²) in [4.78, 5) is 0. The van der Waals surface area contributed by atoms with Gasteiger partial charge in [-0.2, -0.15) is 49.2 Å². The summed E-state index contributed by atoms with van der Waals surface area (Å²) >= 11 is 0. The van der Waals surface area contributed by atoms with Gasteiger partial charge in [-0.15, -0.1) is 104 Å². The zero-order valence-corrected chi connectivity index (χ0v) is 24.6. The van der Waals surface area contributed by atoms with Crippen molar-refractivity contribution in [2.24, 2.45) is 0 Å². The monoisotopic (exact) mass is 560 g/mol. The second-order valence-electron chi connectivity index (χ2n) is 9.61. The van der Waals surface area contributed by atoms with E-state index in [2.05, 4.69) is 123 Å². The topological polar surface area (TPSA) is 0 Å². The van der Waals surface area contributed by atoms with Crippen LogP contribution in [0.1, 0.15) is 11.1 Å². The zero-order chi connectivity index (χ0) is 27.6. The van der Waals surface area contributed by atoms with E-state index < -0.39 is 0 Å². The summed E-state index contributed by atoms with van der Waals surface area (Å²) < 4.78 is 0. The van der Waals surface area contributed by atoms with E-state index in [0.717, 1.165) is 11.1 Å². The molecule has 0 atom stereocenters. The Morgan fingerprint density at radius 3 is 0.732 bits per heavy atom. The summed E-state index contributed by atoms with van der Waals surface area (Å²) in [5.74, 6) is 0. The van der Waals surface area contributed by atoms with E-state index in [4.69, 9.17) is 0 Å². The Balaban J connectivity index is 0.000000131. The summed E-state index contributed by atoms with van der Waals surface area (Å²) in [6.45, 7) is 7.44.